The Balaban J connectivity index is 2.17. The Morgan fingerprint density at radius 2 is 1.80 bits per heavy atom. The average molecular weight is 568 g/mol. The number of hydrogen-bond acceptors (Lipinski definition) is 10. The van der Waals surface area contributed by atoms with E-state index in [0.29, 0.717) is 5.75 Å². The first-order valence-corrected chi connectivity index (χ1v) is 13.7. The minimum atomic E-state index is -4.16. The Labute approximate surface area is 234 Å². The van der Waals surface area contributed by atoms with Gasteiger partial charge in [0.2, 0.25) is 5.75 Å². The number of ether oxygens (including phenoxy) is 3. The summed E-state index contributed by atoms with van der Waals surface area (Å²) in [5.74, 6) is 0.00727. The van der Waals surface area contributed by atoms with Gasteiger partial charge >= 0.3 is 0 Å². The second-order valence-electron chi connectivity index (χ2n) is 9.34. The highest BCUT2D eigenvalue weighted by molar-refractivity contribution is 7.92. The van der Waals surface area contributed by atoms with Crippen LogP contribution in [0.5, 0.6) is 23.1 Å². The summed E-state index contributed by atoms with van der Waals surface area (Å²) in [5.41, 5.74) is 6.25. The molecule has 0 unspecified atom stereocenters. The van der Waals surface area contributed by atoms with Gasteiger partial charge in [0.25, 0.3) is 15.9 Å². The number of nitrogens with one attached hydrogen (secondary N) is 1. The molecule has 0 aliphatic carbocycles. The van der Waals surface area contributed by atoms with Crippen LogP contribution in [-0.4, -0.2) is 50.0 Å². The highest BCUT2D eigenvalue weighted by Gasteiger charge is 2.26. The quantitative estimate of drug-likeness (QED) is 0.272. The summed E-state index contributed by atoms with van der Waals surface area (Å²) in [7, 11) is -2.69. The standard InChI is InChI=1S/C28H33N5O6S/c1-19(30-16-8-15-29)25-31-26(33-40(35,36)21-13-11-20(12-14-21)28(2,3)4)24(27(32-25)38-18-17-34)39-23-10-7-6-9-22(23)37-5/h6-16,34H,1,17-18,29H2,2-5H3,(H,31,32,33)/b15-8-,30-16?. The van der Waals surface area contributed by atoms with Gasteiger partial charge in [-0.2, -0.15) is 4.98 Å². The number of methoxy groups -OCH3 is 1. The molecule has 0 aliphatic rings. The van der Waals surface area contributed by atoms with E-state index in [9.17, 15) is 13.5 Å². The molecule has 0 aliphatic heterocycles. The van der Waals surface area contributed by atoms with Gasteiger partial charge in [0, 0.05) is 6.21 Å². The van der Waals surface area contributed by atoms with E-state index in [1.54, 1.807) is 36.4 Å². The monoisotopic (exact) mass is 567 g/mol. The lowest BCUT2D eigenvalue weighted by Crippen LogP contribution is -2.17. The number of para-hydroxylation sites is 2. The lowest BCUT2D eigenvalue weighted by molar-refractivity contribution is 0.192. The Morgan fingerprint density at radius 1 is 1.12 bits per heavy atom. The number of aliphatic imine (C=N–C) groups is 1. The number of aromatic nitrogens is 2. The van der Waals surface area contributed by atoms with Crippen LogP contribution in [0.3, 0.4) is 0 Å². The summed E-state index contributed by atoms with van der Waals surface area (Å²) in [6.45, 7) is 9.45. The fourth-order valence-corrected chi connectivity index (χ4v) is 4.34. The van der Waals surface area contributed by atoms with Gasteiger partial charge in [-0.05, 0) is 47.5 Å². The molecule has 2 aromatic carbocycles. The molecule has 1 heterocycles. The van der Waals surface area contributed by atoms with Crippen LogP contribution >= 0.6 is 0 Å². The van der Waals surface area contributed by atoms with E-state index < -0.39 is 10.0 Å². The first kappa shape index (κ1) is 30.1. The topological polar surface area (TPSA) is 158 Å². The maximum atomic E-state index is 13.5. The van der Waals surface area contributed by atoms with Crippen LogP contribution in [0, 0.1) is 0 Å². The van der Waals surface area contributed by atoms with Gasteiger partial charge in [-0.25, -0.2) is 13.4 Å². The number of aliphatic hydroxyl groups is 1. The second kappa shape index (κ2) is 13.1. The number of nitrogens with zero attached hydrogens (tertiary/aromatic N) is 3. The average Bonchev–Trinajstić information content (AvgIpc) is 2.92. The van der Waals surface area contributed by atoms with Gasteiger partial charge in [-0.1, -0.05) is 51.6 Å². The van der Waals surface area contributed by atoms with Gasteiger partial charge in [0.05, 0.1) is 18.6 Å². The van der Waals surface area contributed by atoms with Crippen molar-refractivity contribution in [3.63, 3.8) is 0 Å². The number of benzene rings is 2. The summed E-state index contributed by atoms with van der Waals surface area (Å²) in [5, 5.41) is 9.39. The SMILES string of the molecule is C=C(N=C/C=C\N)c1nc(NS(=O)(=O)c2ccc(C(C)(C)C)cc2)c(Oc2ccccc2OC)c(OCCO)n1. The number of nitrogens with two attached hydrogens (primary N) is 1. The predicted molar refractivity (Wildman–Crippen MR) is 154 cm³/mol. The molecule has 3 rings (SSSR count). The van der Waals surface area contributed by atoms with Gasteiger partial charge in [0.1, 0.15) is 12.3 Å². The molecule has 12 heteroatoms. The third kappa shape index (κ3) is 7.58. The number of rotatable bonds is 12. The second-order valence-corrected chi connectivity index (χ2v) is 11.0. The Kier molecular flexibility index (Phi) is 9.86. The number of hydrogen-bond donors (Lipinski definition) is 3. The van der Waals surface area contributed by atoms with Crippen molar-refractivity contribution in [3.8, 4) is 23.1 Å². The van der Waals surface area contributed by atoms with Crippen molar-refractivity contribution in [1.29, 1.82) is 0 Å². The first-order chi connectivity index (χ1) is 19.0. The summed E-state index contributed by atoms with van der Waals surface area (Å²) < 4.78 is 46.5. The molecular formula is C28H33N5O6S. The normalized spacial score (nSPS) is 12.0. The van der Waals surface area contributed by atoms with E-state index >= 15 is 0 Å². The molecule has 4 N–H and O–H groups in total. The Hall–Kier alpha value is -4.42. The Morgan fingerprint density at radius 3 is 2.40 bits per heavy atom. The van der Waals surface area contributed by atoms with Crippen LogP contribution in [0.4, 0.5) is 5.82 Å². The van der Waals surface area contributed by atoms with Crippen molar-refractivity contribution < 1.29 is 27.7 Å². The molecule has 0 saturated carbocycles. The molecule has 11 nitrogen and oxygen atoms in total. The highest BCUT2D eigenvalue weighted by Crippen LogP contribution is 2.41. The molecular weight excluding hydrogens is 534 g/mol. The first-order valence-electron chi connectivity index (χ1n) is 12.2. The van der Waals surface area contributed by atoms with E-state index in [1.165, 1.54) is 37.7 Å². The lowest BCUT2D eigenvalue weighted by Gasteiger charge is -2.20. The zero-order valence-electron chi connectivity index (χ0n) is 22.8. The predicted octanol–water partition coefficient (Wildman–Crippen LogP) is 4.26. The van der Waals surface area contributed by atoms with Gasteiger partial charge in [-0.15, -0.1) is 0 Å². The summed E-state index contributed by atoms with van der Waals surface area (Å²) >= 11 is 0. The summed E-state index contributed by atoms with van der Waals surface area (Å²) in [6, 6.07) is 13.3. The molecule has 40 heavy (non-hydrogen) atoms. The zero-order chi connectivity index (χ0) is 29.3. The van der Waals surface area contributed by atoms with E-state index in [4.69, 9.17) is 19.9 Å². The highest BCUT2D eigenvalue weighted by atomic mass is 32.2. The number of sulfonamides is 1. The third-order valence-electron chi connectivity index (χ3n) is 5.39. The molecule has 3 aromatic rings. The molecule has 0 fully saturated rings. The van der Waals surface area contributed by atoms with Crippen molar-refractivity contribution in [3.05, 3.63) is 78.8 Å². The van der Waals surface area contributed by atoms with E-state index in [2.05, 4.69) is 26.3 Å². The van der Waals surface area contributed by atoms with Crippen LogP contribution in [0.15, 0.2) is 77.3 Å². The fourth-order valence-electron chi connectivity index (χ4n) is 3.33. The van der Waals surface area contributed by atoms with Crippen molar-refractivity contribution >= 4 is 27.8 Å². The van der Waals surface area contributed by atoms with Crippen molar-refractivity contribution in [1.82, 2.24) is 9.97 Å². The minimum absolute atomic E-state index is 0.00617. The van der Waals surface area contributed by atoms with E-state index in [1.807, 2.05) is 20.8 Å². The molecule has 0 saturated heterocycles. The molecule has 0 radical (unpaired) electrons. The maximum Gasteiger partial charge on any atom is 0.263 e. The van der Waals surface area contributed by atoms with Crippen LogP contribution in [0.25, 0.3) is 5.70 Å². The summed E-state index contributed by atoms with van der Waals surface area (Å²) in [4.78, 5) is 12.8. The van der Waals surface area contributed by atoms with Crippen molar-refractivity contribution in [2.24, 2.45) is 10.7 Å². The summed E-state index contributed by atoms with van der Waals surface area (Å²) in [6.07, 6.45) is 4.13. The minimum Gasteiger partial charge on any atom is -0.493 e. The number of aliphatic hydroxyl groups excluding tert-OH is 1. The molecule has 212 valence electrons. The molecule has 0 atom stereocenters. The molecule has 0 amide bonds. The maximum absolute atomic E-state index is 13.5. The van der Waals surface area contributed by atoms with E-state index in [0.717, 1.165) is 5.56 Å². The molecule has 0 bridgehead atoms. The third-order valence-corrected chi connectivity index (χ3v) is 6.75. The van der Waals surface area contributed by atoms with Crippen LogP contribution in [0.1, 0.15) is 32.2 Å². The molecule has 1 aromatic heterocycles. The van der Waals surface area contributed by atoms with E-state index in [-0.39, 0.29) is 58.2 Å². The van der Waals surface area contributed by atoms with Crippen molar-refractivity contribution in [2.75, 3.05) is 25.0 Å². The molecule has 0 spiro atoms. The van der Waals surface area contributed by atoms with Gasteiger partial charge in [0.15, 0.2) is 23.1 Å². The Bertz CT molecular complexity index is 1500. The smallest absolute Gasteiger partial charge is 0.263 e. The fraction of sp³-hybridized carbons (Fsp3) is 0.250. The van der Waals surface area contributed by atoms with Crippen LogP contribution in [-0.2, 0) is 15.4 Å². The number of allylic oxidation sites excluding steroid dienone is 1. The van der Waals surface area contributed by atoms with Crippen molar-refractivity contribution in [2.45, 2.75) is 31.1 Å². The van der Waals surface area contributed by atoms with Gasteiger partial charge < -0.3 is 25.1 Å². The lowest BCUT2D eigenvalue weighted by atomic mass is 9.87. The van der Waals surface area contributed by atoms with Crippen LogP contribution in [0.2, 0.25) is 0 Å². The van der Waals surface area contributed by atoms with Crippen LogP contribution < -0.4 is 24.7 Å². The van der Waals surface area contributed by atoms with Gasteiger partial charge in [-0.3, -0.25) is 9.71 Å². The largest absolute Gasteiger partial charge is 0.493 e. The number of anilines is 1. The zero-order valence-corrected chi connectivity index (χ0v) is 23.6.